The molecule has 0 radical (unpaired) electrons. The summed E-state index contributed by atoms with van der Waals surface area (Å²) >= 11 is 0.853. The number of amides is 2. The SMILES string of the molecule is CC1C#CN=C(N)C(F)=C1C(=O)NC(C)c1ncc(C(=O)Nc2cc(C(F)(F)F)c(O)cn2)s1. The lowest BCUT2D eigenvalue weighted by Crippen LogP contribution is -2.31. The Morgan fingerprint density at radius 3 is 2.65 bits per heavy atom. The van der Waals surface area contributed by atoms with Crippen molar-refractivity contribution in [1.29, 1.82) is 0 Å². The predicted molar refractivity (Wildman–Crippen MR) is 114 cm³/mol. The minimum atomic E-state index is -4.84. The first-order valence-electron chi connectivity index (χ1n) is 9.46. The Bertz CT molecular complexity index is 1280. The van der Waals surface area contributed by atoms with E-state index in [2.05, 4.69) is 37.6 Å². The van der Waals surface area contributed by atoms with Crippen molar-refractivity contribution in [2.75, 3.05) is 5.32 Å². The van der Waals surface area contributed by atoms with Gasteiger partial charge in [-0.3, -0.25) is 9.59 Å². The van der Waals surface area contributed by atoms with Gasteiger partial charge in [0.05, 0.1) is 29.9 Å². The molecule has 1 aliphatic rings. The highest BCUT2D eigenvalue weighted by atomic mass is 32.1. The molecular weight excluding hydrogens is 480 g/mol. The van der Waals surface area contributed by atoms with Crippen LogP contribution in [0.25, 0.3) is 0 Å². The summed E-state index contributed by atoms with van der Waals surface area (Å²) in [6, 6.07) is 2.05. The molecule has 9 nitrogen and oxygen atoms in total. The molecular formula is C20H16F4N6O3S. The van der Waals surface area contributed by atoms with Crippen molar-refractivity contribution in [3.63, 3.8) is 0 Å². The molecule has 0 saturated carbocycles. The second kappa shape index (κ2) is 9.48. The Labute approximate surface area is 193 Å². The monoisotopic (exact) mass is 496 g/mol. The van der Waals surface area contributed by atoms with Gasteiger partial charge in [0.25, 0.3) is 11.8 Å². The van der Waals surface area contributed by atoms with E-state index >= 15 is 0 Å². The Balaban J connectivity index is 1.72. The number of hydrogen-bond donors (Lipinski definition) is 4. The van der Waals surface area contributed by atoms with Crippen molar-refractivity contribution in [2.24, 2.45) is 16.6 Å². The molecule has 2 atom stereocenters. The van der Waals surface area contributed by atoms with Crippen LogP contribution in [0.5, 0.6) is 5.75 Å². The number of thiazole rings is 1. The largest absolute Gasteiger partial charge is 0.506 e. The fourth-order valence-corrected chi connectivity index (χ4v) is 3.60. The molecule has 0 saturated heterocycles. The predicted octanol–water partition coefficient (Wildman–Crippen LogP) is 2.88. The molecule has 2 aromatic rings. The van der Waals surface area contributed by atoms with Gasteiger partial charge in [-0.25, -0.2) is 14.4 Å². The first-order chi connectivity index (χ1) is 15.9. The number of anilines is 1. The first kappa shape index (κ1) is 24.6. The maximum absolute atomic E-state index is 14.4. The quantitative estimate of drug-likeness (QED) is 0.370. The minimum absolute atomic E-state index is 0.00927. The number of rotatable bonds is 5. The average molecular weight is 496 g/mol. The zero-order chi connectivity index (χ0) is 25.2. The molecule has 2 unspecified atom stereocenters. The van der Waals surface area contributed by atoms with Crippen LogP contribution in [0, 0.1) is 17.9 Å². The molecule has 34 heavy (non-hydrogen) atoms. The van der Waals surface area contributed by atoms with Gasteiger partial charge >= 0.3 is 6.18 Å². The molecule has 0 aliphatic carbocycles. The second-order valence-electron chi connectivity index (χ2n) is 7.00. The second-order valence-corrected chi connectivity index (χ2v) is 8.06. The molecule has 2 aromatic heterocycles. The van der Waals surface area contributed by atoms with E-state index in [1.165, 1.54) is 6.92 Å². The summed E-state index contributed by atoms with van der Waals surface area (Å²) < 4.78 is 53.2. The molecule has 0 bridgehead atoms. The summed E-state index contributed by atoms with van der Waals surface area (Å²) in [7, 11) is 0. The number of carbonyl (C=O) groups is 2. The number of hydrogen-bond acceptors (Lipinski definition) is 8. The highest BCUT2D eigenvalue weighted by Crippen LogP contribution is 2.36. The number of nitrogens with zero attached hydrogens (tertiary/aromatic N) is 3. The molecule has 0 spiro atoms. The third kappa shape index (κ3) is 5.31. The van der Waals surface area contributed by atoms with Crippen molar-refractivity contribution < 1.29 is 32.3 Å². The van der Waals surface area contributed by atoms with Gasteiger partial charge in [-0.2, -0.15) is 18.2 Å². The molecule has 1 aliphatic heterocycles. The van der Waals surface area contributed by atoms with E-state index in [0.717, 1.165) is 17.5 Å². The molecule has 2 amide bonds. The number of aromatic hydroxyl groups is 1. The number of halogens is 4. The number of aromatic nitrogens is 2. The summed E-state index contributed by atoms with van der Waals surface area (Å²) in [5.74, 6) is -2.84. The summed E-state index contributed by atoms with van der Waals surface area (Å²) in [5.41, 5.74) is 3.79. The fraction of sp³-hybridized carbons (Fsp3) is 0.250. The van der Waals surface area contributed by atoms with Gasteiger partial charge in [0.2, 0.25) is 0 Å². The highest BCUT2D eigenvalue weighted by Gasteiger charge is 2.34. The van der Waals surface area contributed by atoms with Crippen LogP contribution >= 0.6 is 11.3 Å². The van der Waals surface area contributed by atoms with Crippen LogP contribution in [-0.4, -0.2) is 32.7 Å². The Hall–Kier alpha value is -3.99. The molecule has 14 heteroatoms. The lowest BCUT2D eigenvalue weighted by Gasteiger charge is -2.15. The topological polar surface area (TPSA) is 143 Å². The number of nitrogens with one attached hydrogen (secondary N) is 2. The summed E-state index contributed by atoms with van der Waals surface area (Å²) in [4.78, 5) is 36.1. The van der Waals surface area contributed by atoms with Gasteiger partial charge in [-0.15, -0.1) is 11.3 Å². The van der Waals surface area contributed by atoms with Crippen LogP contribution in [0.1, 0.15) is 40.1 Å². The zero-order valence-electron chi connectivity index (χ0n) is 17.5. The van der Waals surface area contributed by atoms with E-state index in [9.17, 15) is 32.3 Å². The summed E-state index contributed by atoms with van der Waals surface area (Å²) in [6.07, 6.45) is -3.12. The normalized spacial score (nSPS) is 16.6. The van der Waals surface area contributed by atoms with Gasteiger partial charge in [-0.05, 0) is 19.9 Å². The van der Waals surface area contributed by atoms with E-state index in [4.69, 9.17) is 5.73 Å². The molecule has 5 N–H and O–H groups in total. The standard InChI is InChI=1S/C20H16F4N6O3S/c1-8-3-4-26-16(25)15(21)14(8)18(33)29-9(2)19-28-7-12(34-19)17(32)30-13-5-10(20(22,23)24)11(31)6-27-13/h5-9,31H,1-2H3,(H2,25,26)(H,29,33)(H,27,30,32). The van der Waals surface area contributed by atoms with Gasteiger partial charge < -0.3 is 21.5 Å². The maximum Gasteiger partial charge on any atom is 0.420 e. The summed E-state index contributed by atoms with van der Waals surface area (Å²) in [5, 5.41) is 14.3. The first-order valence-corrected chi connectivity index (χ1v) is 10.3. The number of nitrogens with two attached hydrogens (primary N) is 1. The average Bonchev–Trinajstić information content (AvgIpc) is 3.20. The fourth-order valence-electron chi connectivity index (χ4n) is 2.79. The van der Waals surface area contributed by atoms with Crippen molar-refractivity contribution in [3.8, 4) is 17.7 Å². The zero-order valence-corrected chi connectivity index (χ0v) is 18.3. The van der Waals surface area contributed by atoms with Crippen LogP contribution in [0.15, 0.2) is 34.9 Å². The third-order valence-corrected chi connectivity index (χ3v) is 5.67. The van der Waals surface area contributed by atoms with E-state index in [1.807, 2.05) is 0 Å². The number of amidine groups is 1. The molecule has 178 valence electrons. The molecule has 3 rings (SSSR count). The Morgan fingerprint density at radius 2 is 1.97 bits per heavy atom. The Kier molecular flexibility index (Phi) is 6.87. The maximum atomic E-state index is 14.4. The highest BCUT2D eigenvalue weighted by molar-refractivity contribution is 7.13. The molecule has 0 aromatic carbocycles. The third-order valence-electron chi connectivity index (χ3n) is 4.49. The smallest absolute Gasteiger partial charge is 0.420 e. The van der Waals surface area contributed by atoms with E-state index in [-0.39, 0.29) is 15.5 Å². The van der Waals surface area contributed by atoms with E-state index < -0.39 is 58.7 Å². The Morgan fingerprint density at radius 1 is 1.26 bits per heavy atom. The molecule has 3 heterocycles. The van der Waals surface area contributed by atoms with Gasteiger partial charge in [0, 0.05) is 6.04 Å². The minimum Gasteiger partial charge on any atom is -0.506 e. The van der Waals surface area contributed by atoms with Crippen molar-refractivity contribution >= 4 is 34.8 Å². The van der Waals surface area contributed by atoms with E-state index in [1.54, 1.807) is 6.92 Å². The van der Waals surface area contributed by atoms with Gasteiger partial charge in [0.15, 0.2) is 11.7 Å². The van der Waals surface area contributed by atoms with Crippen LogP contribution in [-0.2, 0) is 11.0 Å². The van der Waals surface area contributed by atoms with Crippen molar-refractivity contribution in [2.45, 2.75) is 26.1 Å². The van der Waals surface area contributed by atoms with Gasteiger partial charge in [0.1, 0.15) is 27.0 Å². The van der Waals surface area contributed by atoms with Crippen LogP contribution in [0.3, 0.4) is 0 Å². The number of aliphatic imine (C=N–C) groups is 1. The van der Waals surface area contributed by atoms with Crippen LogP contribution in [0.4, 0.5) is 23.4 Å². The summed E-state index contributed by atoms with van der Waals surface area (Å²) in [6.45, 7) is 3.05. The lowest BCUT2D eigenvalue weighted by atomic mass is 9.99. The van der Waals surface area contributed by atoms with Crippen molar-refractivity contribution in [1.82, 2.24) is 15.3 Å². The van der Waals surface area contributed by atoms with E-state index in [0.29, 0.717) is 12.3 Å². The number of carbonyl (C=O) groups excluding carboxylic acids is 2. The van der Waals surface area contributed by atoms with Crippen molar-refractivity contribution in [3.05, 3.63) is 45.3 Å². The number of alkyl halides is 3. The molecule has 0 fully saturated rings. The van der Waals surface area contributed by atoms with Gasteiger partial charge in [-0.1, -0.05) is 5.92 Å². The van der Waals surface area contributed by atoms with Crippen LogP contribution < -0.4 is 16.4 Å². The van der Waals surface area contributed by atoms with Crippen LogP contribution in [0.2, 0.25) is 0 Å². The number of pyridine rings is 1. The lowest BCUT2D eigenvalue weighted by molar-refractivity contribution is -0.138.